The molecular weight excluding hydrogens is 416 g/mol. The van der Waals surface area contributed by atoms with Gasteiger partial charge in [-0.25, -0.2) is 13.2 Å². The third kappa shape index (κ3) is 9.20. The van der Waals surface area contributed by atoms with Crippen LogP contribution in [0.1, 0.15) is 19.3 Å². The second-order valence-corrected chi connectivity index (χ2v) is 8.61. The molecule has 25 heavy (non-hydrogen) atoms. The summed E-state index contributed by atoms with van der Waals surface area (Å²) in [6, 6.07) is 4.96. The molecule has 1 rings (SSSR count). The van der Waals surface area contributed by atoms with Gasteiger partial charge < -0.3 is 15.7 Å². The summed E-state index contributed by atoms with van der Waals surface area (Å²) in [5.74, 6) is -1.97. The lowest BCUT2D eigenvalue weighted by Crippen LogP contribution is -2.44. The maximum absolute atomic E-state index is 12.1. The molecule has 1 aromatic carbocycles. The molecule has 3 N–H and O–H groups in total. The predicted molar refractivity (Wildman–Crippen MR) is 96.3 cm³/mol. The summed E-state index contributed by atoms with van der Waals surface area (Å²) < 4.78 is 23.4. The molecule has 8 nitrogen and oxygen atoms in total. The highest BCUT2D eigenvalue weighted by molar-refractivity contribution is 9.10. The number of rotatable bonds is 9. The average Bonchev–Trinajstić information content (AvgIpc) is 2.50. The lowest BCUT2D eigenvalue weighted by Gasteiger charge is -2.17. The zero-order chi connectivity index (χ0) is 19.0. The summed E-state index contributed by atoms with van der Waals surface area (Å²) in [7, 11) is -3.33. The second-order valence-electron chi connectivity index (χ2n) is 5.44. The van der Waals surface area contributed by atoms with Crippen molar-refractivity contribution in [1.82, 2.24) is 5.32 Å². The van der Waals surface area contributed by atoms with Gasteiger partial charge in [0.2, 0.25) is 0 Å². The minimum absolute atomic E-state index is 0.120. The van der Waals surface area contributed by atoms with Gasteiger partial charge in [-0.2, -0.15) is 0 Å². The van der Waals surface area contributed by atoms with Crippen LogP contribution in [0.3, 0.4) is 0 Å². The van der Waals surface area contributed by atoms with E-state index in [2.05, 4.69) is 26.6 Å². The van der Waals surface area contributed by atoms with Gasteiger partial charge in [0, 0.05) is 22.8 Å². The van der Waals surface area contributed by atoms with Crippen molar-refractivity contribution < 1.29 is 27.9 Å². The van der Waals surface area contributed by atoms with Gasteiger partial charge in [-0.05, 0) is 30.7 Å². The molecular formula is C15H19BrN2O6S. The number of urea groups is 1. The van der Waals surface area contributed by atoms with Crippen LogP contribution in [-0.2, 0) is 19.4 Å². The van der Waals surface area contributed by atoms with E-state index in [1.165, 1.54) is 0 Å². The number of aliphatic carboxylic acids is 1. The number of benzene rings is 1. The van der Waals surface area contributed by atoms with E-state index < -0.39 is 33.7 Å². The SMILES string of the molecule is CS(=O)(=O)CC[C@H](NC(=O)Nc1ccc(Br)cc1)C(=O)CCC(=O)O. The number of sulfone groups is 1. The van der Waals surface area contributed by atoms with Gasteiger partial charge in [0.25, 0.3) is 0 Å². The van der Waals surface area contributed by atoms with E-state index in [1.54, 1.807) is 24.3 Å². The van der Waals surface area contributed by atoms with Crippen molar-refractivity contribution in [2.45, 2.75) is 25.3 Å². The standard InChI is InChI=1S/C15H19BrN2O6S/c1-25(23,24)9-8-12(13(19)6-7-14(20)21)18-15(22)17-11-4-2-10(16)3-5-11/h2-5,12H,6-9H2,1H3,(H,20,21)(H2,17,18,22)/t12-/m0/s1. The van der Waals surface area contributed by atoms with Crippen LogP contribution in [0.4, 0.5) is 10.5 Å². The smallest absolute Gasteiger partial charge is 0.319 e. The summed E-state index contributed by atoms with van der Waals surface area (Å²) in [5.41, 5.74) is 0.487. The number of Topliss-reactive ketones (excluding diaryl/α,β-unsaturated/α-hetero) is 1. The molecule has 0 bridgehead atoms. The van der Waals surface area contributed by atoms with Crippen molar-refractivity contribution in [2.24, 2.45) is 0 Å². The van der Waals surface area contributed by atoms with E-state index in [9.17, 15) is 22.8 Å². The number of carboxylic acids is 1. The van der Waals surface area contributed by atoms with Crippen LogP contribution in [-0.4, -0.2) is 49.4 Å². The molecule has 0 aromatic heterocycles. The molecule has 0 spiro atoms. The van der Waals surface area contributed by atoms with Crippen LogP contribution in [0.2, 0.25) is 0 Å². The Labute approximate surface area is 154 Å². The Hall–Kier alpha value is -1.94. The molecule has 10 heteroatoms. The molecule has 0 fully saturated rings. The van der Waals surface area contributed by atoms with E-state index in [4.69, 9.17) is 5.11 Å². The molecule has 138 valence electrons. The Balaban J connectivity index is 2.72. The summed E-state index contributed by atoms with van der Waals surface area (Å²) in [6.45, 7) is 0. The Bertz CT molecular complexity index is 733. The Morgan fingerprint density at radius 1 is 1.16 bits per heavy atom. The second kappa shape index (κ2) is 9.52. The van der Waals surface area contributed by atoms with E-state index in [1.807, 2.05) is 0 Å². The molecule has 0 heterocycles. The Morgan fingerprint density at radius 3 is 2.28 bits per heavy atom. The lowest BCUT2D eigenvalue weighted by atomic mass is 10.1. The van der Waals surface area contributed by atoms with Crippen LogP contribution < -0.4 is 10.6 Å². The number of carboxylic acid groups (broad SMARTS) is 1. The first-order valence-electron chi connectivity index (χ1n) is 7.32. The Kier molecular flexibility index (Phi) is 8.04. The highest BCUT2D eigenvalue weighted by atomic mass is 79.9. The van der Waals surface area contributed by atoms with Gasteiger partial charge in [-0.1, -0.05) is 15.9 Å². The van der Waals surface area contributed by atoms with E-state index >= 15 is 0 Å². The van der Waals surface area contributed by atoms with Crippen molar-refractivity contribution in [3.8, 4) is 0 Å². The first-order chi connectivity index (χ1) is 11.6. The molecule has 1 aromatic rings. The zero-order valence-corrected chi connectivity index (χ0v) is 15.9. The van der Waals surface area contributed by atoms with Crippen molar-refractivity contribution in [2.75, 3.05) is 17.3 Å². The monoisotopic (exact) mass is 434 g/mol. The number of hydrogen-bond donors (Lipinski definition) is 3. The maximum atomic E-state index is 12.1. The van der Waals surface area contributed by atoms with Crippen molar-refractivity contribution in [3.63, 3.8) is 0 Å². The minimum atomic E-state index is -3.33. The summed E-state index contributed by atoms with van der Waals surface area (Å²) in [4.78, 5) is 34.7. The van der Waals surface area contributed by atoms with Gasteiger partial charge in [-0.15, -0.1) is 0 Å². The Morgan fingerprint density at radius 2 is 1.76 bits per heavy atom. The third-order valence-electron chi connectivity index (χ3n) is 3.16. The fourth-order valence-corrected chi connectivity index (χ4v) is 2.84. The van der Waals surface area contributed by atoms with Crippen LogP contribution in [0, 0.1) is 0 Å². The van der Waals surface area contributed by atoms with Crippen molar-refractivity contribution >= 4 is 49.2 Å². The van der Waals surface area contributed by atoms with E-state index in [0.29, 0.717) is 5.69 Å². The van der Waals surface area contributed by atoms with Gasteiger partial charge in [0.05, 0.1) is 18.2 Å². The number of nitrogens with one attached hydrogen (secondary N) is 2. The number of carbonyl (C=O) groups is 3. The maximum Gasteiger partial charge on any atom is 0.319 e. The number of halogens is 1. The van der Waals surface area contributed by atoms with Gasteiger partial charge in [0.1, 0.15) is 9.84 Å². The first kappa shape index (κ1) is 21.1. The largest absolute Gasteiger partial charge is 0.481 e. The highest BCUT2D eigenvalue weighted by Gasteiger charge is 2.22. The number of amides is 2. The number of anilines is 1. The van der Waals surface area contributed by atoms with Crippen LogP contribution in [0.15, 0.2) is 28.7 Å². The molecule has 2 amide bonds. The van der Waals surface area contributed by atoms with Crippen LogP contribution in [0.25, 0.3) is 0 Å². The molecule has 1 atom stereocenters. The van der Waals surface area contributed by atoms with Gasteiger partial charge >= 0.3 is 12.0 Å². The number of hydrogen-bond acceptors (Lipinski definition) is 5. The predicted octanol–water partition coefficient (Wildman–Crippen LogP) is 1.81. The fourth-order valence-electron chi connectivity index (χ4n) is 1.91. The molecule has 0 radical (unpaired) electrons. The van der Waals surface area contributed by atoms with E-state index in [-0.39, 0.29) is 25.0 Å². The zero-order valence-electron chi connectivity index (χ0n) is 13.5. The number of ketones is 1. The van der Waals surface area contributed by atoms with Gasteiger partial charge in [0.15, 0.2) is 5.78 Å². The highest BCUT2D eigenvalue weighted by Crippen LogP contribution is 2.14. The van der Waals surface area contributed by atoms with Crippen molar-refractivity contribution in [3.05, 3.63) is 28.7 Å². The number of carbonyl (C=O) groups excluding carboxylic acids is 2. The summed E-state index contributed by atoms with van der Waals surface area (Å²) in [5, 5.41) is 13.6. The topological polar surface area (TPSA) is 130 Å². The summed E-state index contributed by atoms with van der Waals surface area (Å²) >= 11 is 3.26. The van der Waals surface area contributed by atoms with Gasteiger partial charge in [-0.3, -0.25) is 9.59 Å². The fraction of sp³-hybridized carbons (Fsp3) is 0.400. The third-order valence-corrected chi connectivity index (χ3v) is 4.66. The molecule has 0 aliphatic carbocycles. The minimum Gasteiger partial charge on any atom is -0.481 e. The lowest BCUT2D eigenvalue weighted by molar-refractivity contribution is -0.138. The first-order valence-corrected chi connectivity index (χ1v) is 10.2. The quantitative estimate of drug-likeness (QED) is 0.543. The van der Waals surface area contributed by atoms with Crippen LogP contribution in [0.5, 0.6) is 0 Å². The van der Waals surface area contributed by atoms with Crippen molar-refractivity contribution in [1.29, 1.82) is 0 Å². The van der Waals surface area contributed by atoms with Crippen LogP contribution >= 0.6 is 15.9 Å². The normalized spacial score (nSPS) is 12.2. The molecule has 0 aliphatic rings. The molecule has 0 aliphatic heterocycles. The summed E-state index contributed by atoms with van der Waals surface area (Å²) in [6.07, 6.45) is 0.227. The average molecular weight is 435 g/mol. The molecule has 0 saturated heterocycles. The molecule has 0 saturated carbocycles. The molecule has 0 unspecified atom stereocenters. The van der Waals surface area contributed by atoms with E-state index in [0.717, 1.165) is 10.7 Å².